The van der Waals surface area contributed by atoms with Gasteiger partial charge in [0.1, 0.15) is 0 Å². The Morgan fingerprint density at radius 3 is 2.62 bits per heavy atom. The smallest absolute Gasteiger partial charge is 0.237 e. The third-order valence-electron chi connectivity index (χ3n) is 3.97. The first-order chi connectivity index (χ1) is 7.75. The van der Waals surface area contributed by atoms with Gasteiger partial charge in [0.05, 0.1) is 6.04 Å². The van der Waals surface area contributed by atoms with Crippen molar-refractivity contribution in [3.05, 3.63) is 0 Å². The third-order valence-corrected chi connectivity index (χ3v) is 3.97. The monoisotopic (exact) mass is 224 g/mol. The molecule has 1 saturated carbocycles. The first-order valence-corrected chi connectivity index (χ1v) is 6.79. The second-order valence-corrected chi connectivity index (χ2v) is 5.45. The van der Waals surface area contributed by atoms with Crippen LogP contribution >= 0.6 is 0 Å². The van der Waals surface area contributed by atoms with Gasteiger partial charge in [-0.15, -0.1) is 0 Å². The van der Waals surface area contributed by atoms with E-state index >= 15 is 0 Å². The van der Waals surface area contributed by atoms with Crippen molar-refractivity contribution in [1.29, 1.82) is 0 Å². The van der Waals surface area contributed by atoms with Crippen molar-refractivity contribution < 1.29 is 4.79 Å². The Hall–Kier alpha value is -0.570. The van der Waals surface area contributed by atoms with Crippen molar-refractivity contribution in [1.82, 2.24) is 10.6 Å². The lowest BCUT2D eigenvalue weighted by Crippen LogP contribution is -2.50. The van der Waals surface area contributed by atoms with Crippen LogP contribution in [0.3, 0.4) is 0 Å². The van der Waals surface area contributed by atoms with Crippen molar-refractivity contribution in [3.63, 3.8) is 0 Å². The van der Waals surface area contributed by atoms with Gasteiger partial charge in [-0.2, -0.15) is 0 Å². The molecule has 1 aliphatic heterocycles. The zero-order valence-corrected chi connectivity index (χ0v) is 10.3. The van der Waals surface area contributed by atoms with Gasteiger partial charge in [0.2, 0.25) is 5.91 Å². The summed E-state index contributed by atoms with van der Waals surface area (Å²) in [5.41, 5.74) is 0. The SMILES string of the molecule is CC1CCCC(C(=O)NCC2CCCC2)N1. The van der Waals surface area contributed by atoms with Gasteiger partial charge in [-0.05, 0) is 44.9 Å². The van der Waals surface area contributed by atoms with E-state index in [-0.39, 0.29) is 11.9 Å². The maximum absolute atomic E-state index is 11.9. The number of nitrogens with one attached hydrogen (secondary N) is 2. The zero-order chi connectivity index (χ0) is 11.4. The van der Waals surface area contributed by atoms with Crippen LogP contribution in [0, 0.1) is 5.92 Å². The second kappa shape index (κ2) is 5.67. The summed E-state index contributed by atoms with van der Waals surface area (Å²) in [5, 5.41) is 6.49. The van der Waals surface area contributed by atoms with Crippen molar-refractivity contribution in [3.8, 4) is 0 Å². The summed E-state index contributed by atoms with van der Waals surface area (Å²) in [6.45, 7) is 3.06. The number of rotatable bonds is 3. The van der Waals surface area contributed by atoms with E-state index in [4.69, 9.17) is 0 Å². The molecule has 1 saturated heterocycles. The maximum atomic E-state index is 11.9. The molecule has 0 radical (unpaired) electrons. The van der Waals surface area contributed by atoms with Crippen molar-refractivity contribution in [2.45, 2.75) is 64.0 Å². The zero-order valence-electron chi connectivity index (χ0n) is 10.3. The molecule has 16 heavy (non-hydrogen) atoms. The molecule has 0 bridgehead atoms. The Balaban J connectivity index is 1.70. The quantitative estimate of drug-likeness (QED) is 0.768. The minimum absolute atomic E-state index is 0.0603. The van der Waals surface area contributed by atoms with Gasteiger partial charge in [0, 0.05) is 12.6 Å². The minimum atomic E-state index is 0.0603. The van der Waals surface area contributed by atoms with Gasteiger partial charge in [0.15, 0.2) is 0 Å². The highest BCUT2D eigenvalue weighted by Gasteiger charge is 2.24. The number of piperidine rings is 1. The second-order valence-electron chi connectivity index (χ2n) is 5.45. The highest BCUT2D eigenvalue weighted by molar-refractivity contribution is 5.81. The van der Waals surface area contributed by atoms with Crippen LogP contribution in [0.5, 0.6) is 0 Å². The molecule has 1 heterocycles. The van der Waals surface area contributed by atoms with Crippen LogP contribution in [-0.4, -0.2) is 24.5 Å². The molecule has 3 nitrogen and oxygen atoms in total. The molecule has 1 aliphatic carbocycles. The van der Waals surface area contributed by atoms with Gasteiger partial charge < -0.3 is 10.6 Å². The summed E-state index contributed by atoms with van der Waals surface area (Å²) >= 11 is 0. The van der Waals surface area contributed by atoms with Crippen molar-refractivity contribution >= 4 is 5.91 Å². The fraction of sp³-hybridized carbons (Fsp3) is 0.923. The van der Waals surface area contributed by atoms with Crippen LogP contribution in [0.25, 0.3) is 0 Å². The summed E-state index contributed by atoms with van der Waals surface area (Å²) < 4.78 is 0. The number of carbonyl (C=O) groups excluding carboxylic acids is 1. The molecule has 2 aliphatic rings. The van der Waals surface area contributed by atoms with Crippen LogP contribution in [0.2, 0.25) is 0 Å². The molecule has 2 unspecified atom stereocenters. The summed E-state index contributed by atoms with van der Waals surface area (Å²) in [6, 6.07) is 0.557. The first kappa shape index (κ1) is 11.9. The van der Waals surface area contributed by atoms with E-state index in [1.807, 2.05) is 0 Å². The van der Waals surface area contributed by atoms with Gasteiger partial charge >= 0.3 is 0 Å². The van der Waals surface area contributed by atoms with Crippen molar-refractivity contribution in [2.75, 3.05) is 6.54 Å². The van der Waals surface area contributed by atoms with E-state index in [0.717, 1.165) is 18.9 Å². The number of hydrogen-bond donors (Lipinski definition) is 2. The van der Waals surface area contributed by atoms with E-state index in [0.29, 0.717) is 6.04 Å². The molecule has 2 atom stereocenters. The van der Waals surface area contributed by atoms with Crippen LogP contribution in [0.1, 0.15) is 51.9 Å². The Morgan fingerprint density at radius 2 is 1.94 bits per heavy atom. The summed E-state index contributed by atoms with van der Waals surface area (Å²) in [7, 11) is 0. The van der Waals surface area contributed by atoms with Gasteiger partial charge in [-0.1, -0.05) is 12.8 Å². The fourth-order valence-corrected chi connectivity index (χ4v) is 2.93. The highest BCUT2D eigenvalue weighted by Crippen LogP contribution is 2.23. The normalized spacial score (nSPS) is 31.6. The van der Waals surface area contributed by atoms with E-state index in [9.17, 15) is 4.79 Å². The number of amides is 1. The largest absolute Gasteiger partial charge is 0.354 e. The fourth-order valence-electron chi connectivity index (χ4n) is 2.93. The molecule has 3 heteroatoms. The third kappa shape index (κ3) is 3.21. The molecule has 2 fully saturated rings. The van der Waals surface area contributed by atoms with E-state index < -0.39 is 0 Å². The number of hydrogen-bond acceptors (Lipinski definition) is 2. The Labute approximate surface area is 98.4 Å². The predicted octanol–water partition coefficient (Wildman–Crippen LogP) is 1.82. The molecule has 92 valence electrons. The molecule has 0 aromatic heterocycles. The van der Waals surface area contributed by atoms with Gasteiger partial charge in [-0.3, -0.25) is 4.79 Å². The first-order valence-electron chi connectivity index (χ1n) is 6.79. The molecule has 0 aromatic carbocycles. The van der Waals surface area contributed by atoms with E-state index in [1.165, 1.54) is 38.5 Å². The molecule has 0 aromatic rings. The summed E-state index contributed by atoms with van der Waals surface area (Å²) in [5.74, 6) is 0.961. The summed E-state index contributed by atoms with van der Waals surface area (Å²) in [6.07, 6.45) is 8.67. The summed E-state index contributed by atoms with van der Waals surface area (Å²) in [4.78, 5) is 11.9. The van der Waals surface area contributed by atoms with E-state index in [1.54, 1.807) is 0 Å². The van der Waals surface area contributed by atoms with Crippen LogP contribution in [0.15, 0.2) is 0 Å². The van der Waals surface area contributed by atoms with Crippen molar-refractivity contribution in [2.24, 2.45) is 5.92 Å². The van der Waals surface area contributed by atoms with E-state index in [2.05, 4.69) is 17.6 Å². The maximum Gasteiger partial charge on any atom is 0.237 e. The highest BCUT2D eigenvalue weighted by atomic mass is 16.2. The molecular weight excluding hydrogens is 200 g/mol. The number of carbonyl (C=O) groups is 1. The van der Waals surface area contributed by atoms with Gasteiger partial charge in [0.25, 0.3) is 0 Å². The average molecular weight is 224 g/mol. The lowest BCUT2D eigenvalue weighted by molar-refractivity contribution is -0.124. The minimum Gasteiger partial charge on any atom is -0.354 e. The van der Waals surface area contributed by atoms with Crippen LogP contribution in [0.4, 0.5) is 0 Å². The topological polar surface area (TPSA) is 41.1 Å². The Morgan fingerprint density at radius 1 is 1.19 bits per heavy atom. The standard InChI is InChI=1S/C13H24N2O/c1-10-5-4-8-12(15-10)13(16)14-9-11-6-2-3-7-11/h10-12,15H,2-9H2,1H3,(H,14,16). The van der Waals surface area contributed by atoms with Gasteiger partial charge in [-0.25, -0.2) is 0 Å². The van der Waals surface area contributed by atoms with Crippen LogP contribution in [-0.2, 0) is 4.79 Å². The molecule has 1 amide bonds. The lowest BCUT2D eigenvalue weighted by Gasteiger charge is -2.28. The average Bonchev–Trinajstić information content (AvgIpc) is 2.78. The lowest BCUT2D eigenvalue weighted by atomic mass is 9.99. The Bertz CT molecular complexity index is 236. The Kier molecular flexibility index (Phi) is 4.22. The predicted molar refractivity (Wildman–Crippen MR) is 65.2 cm³/mol. The molecular formula is C13H24N2O. The van der Waals surface area contributed by atoms with Crippen LogP contribution < -0.4 is 10.6 Å². The molecule has 2 rings (SSSR count). The molecule has 2 N–H and O–H groups in total. The molecule has 0 spiro atoms.